The average molecular weight is 459 g/mol. The Kier molecular flexibility index (Phi) is 5.45. The van der Waals surface area contributed by atoms with Crippen molar-refractivity contribution in [2.45, 2.75) is 45.1 Å². The predicted molar refractivity (Wildman–Crippen MR) is 104 cm³/mol. The number of carbonyl (C=O) groups excluding carboxylic acids is 2. The van der Waals surface area contributed by atoms with Crippen molar-refractivity contribution in [3.63, 3.8) is 0 Å². The number of hydrogen-bond donors (Lipinski definition) is 0. The minimum Gasteiger partial charge on any atom is -0.332 e. The highest BCUT2D eigenvalue weighted by Crippen LogP contribution is 2.38. The van der Waals surface area contributed by atoms with Gasteiger partial charge in [0.15, 0.2) is 0 Å². The summed E-state index contributed by atoms with van der Waals surface area (Å²) in [7, 11) is 0. The van der Waals surface area contributed by atoms with Crippen LogP contribution in [0, 0.1) is 11.7 Å². The van der Waals surface area contributed by atoms with E-state index in [0.717, 1.165) is 4.90 Å². The average Bonchev–Trinajstić information content (AvgIpc) is 3.26. The maximum absolute atomic E-state index is 13.4. The van der Waals surface area contributed by atoms with Crippen molar-refractivity contribution in [2.75, 3.05) is 11.4 Å². The van der Waals surface area contributed by atoms with Gasteiger partial charge in [-0.1, -0.05) is 17.7 Å². The van der Waals surface area contributed by atoms with Crippen molar-refractivity contribution in [1.29, 1.82) is 0 Å². The Hall–Kier alpha value is -2.62. The molecule has 0 bridgehead atoms. The zero-order valence-electron chi connectivity index (χ0n) is 16.5. The molecule has 2 aromatic rings. The molecular formula is C20H19ClF4N4O2. The topological polar surface area (TPSA) is 58.4 Å². The van der Waals surface area contributed by atoms with Crippen LogP contribution < -0.4 is 4.90 Å². The summed E-state index contributed by atoms with van der Waals surface area (Å²) in [5.41, 5.74) is 1.36. The zero-order chi connectivity index (χ0) is 22.5. The van der Waals surface area contributed by atoms with Gasteiger partial charge in [-0.3, -0.25) is 14.3 Å². The second-order valence-corrected chi connectivity index (χ2v) is 8.31. The van der Waals surface area contributed by atoms with Crippen molar-refractivity contribution in [3.05, 3.63) is 46.5 Å². The molecule has 2 aliphatic heterocycles. The molecule has 1 aromatic carbocycles. The molecule has 11 heteroatoms. The summed E-state index contributed by atoms with van der Waals surface area (Å²) in [6.07, 6.45) is -3.68. The van der Waals surface area contributed by atoms with E-state index in [9.17, 15) is 27.2 Å². The molecule has 166 valence electrons. The van der Waals surface area contributed by atoms with Crippen LogP contribution >= 0.6 is 11.6 Å². The fourth-order valence-electron chi connectivity index (χ4n) is 4.03. The molecule has 3 heterocycles. The number of rotatable bonds is 3. The highest BCUT2D eigenvalue weighted by molar-refractivity contribution is 6.30. The summed E-state index contributed by atoms with van der Waals surface area (Å²) in [6.45, 7) is 1.82. The number of nitrogens with zero attached hydrogens (tertiary/aromatic N) is 4. The Morgan fingerprint density at radius 1 is 1.29 bits per heavy atom. The molecule has 0 N–H and O–H groups in total. The molecular weight excluding hydrogens is 440 g/mol. The molecule has 0 saturated carbocycles. The molecule has 2 aliphatic rings. The van der Waals surface area contributed by atoms with Crippen LogP contribution in [0.1, 0.15) is 24.6 Å². The standard InChI is InChI=1S/C20H19ClF4N4O2/c1-11-8-29-17(10-27(11)18(30)5-12-2-3-15(22)14(21)4-12)16(7-26-29)28-9-13(6-19(28)31)20(23,24)25/h2-4,7,11,13H,5-6,8-10H2,1H3/t11-,13?/m0/s1. The highest BCUT2D eigenvalue weighted by Gasteiger charge is 2.48. The van der Waals surface area contributed by atoms with Gasteiger partial charge in [-0.15, -0.1) is 0 Å². The Balaban J connectivity index is 1.54. The first-order valence-electron chi connectivity index (χ1n) is 9.69. The number of amides is 2. The number of alkyl halides is 3. The number of anilines is 1. The van der Waals surface area contributed by atoms with Crippen LogP contribution in [0.25, 0.3) is 0 Å². The molecule has 31 heavy (non-hydrogen) atoms. The van der Waals surface area contributed by atoms with Crippen LogP contribution in [0.5, 0.6) is 0 Å². The van der Waals surface area contributed by atoms with Crippen LogP contribution in [0.2, 0.25) is 5.02 Å². The van der Waals surface area contributed by atoms with E-state index in [0.29, 0.717) is 23.5 Å². The summed E-state index contributed by atoms with van der Waals surface area (Å²) in [4.78, 5) is 27.9. The molecule has 2 amide bonds. The van der Waals surface area contributed by atoms with Gasteiger partial charge in [0, 0.05) is 19.0 Å². The fraction of sp³-hybridized carbons (Fsp3) is 0.450. The van der Waals surface area contributed by atoms with Crippen molar-refractivity contribution < 1.29 is 27.2 Å². The third-order valence-electron chi connectivity index (χ3n) is 5.75. The number of halogens is 5. The van der Waals surface area contributed by atoms with E-state index in [1.165, 1.54) is 24.4 Å². The molecule has 4 rings (SSSR count). The predicted octanol–water partition coefficient (Wildman–Crippen LogP) is 3.56. The van der Waals surface area contributed by atoms with Gasteiger partial charge < -0.3 is 9.80 Å². The number of aromatic nitrogens is 2. The molecule has 0 aliphatic carbocycles. The maximum Gasteiger partial charge on any atom is 0.394 e. The normalized spacial score (nSPS) is 21.5. The lowest BCUT2D eigenvalue weighted by molar-refractivity contribution is -0.169. The Morgan fingerprint density at radius 3 is 2.68 bits per heavy atom. The third kappa shape index (κ3) is 4.13. The lowest BCUT2D eigenvalue weighted by atomic mass is 10.1. The van der Waals surface area contributed by atoms with E-state index in [1.54, 1.807) is 9.58 Å². The van der Waals surface area contributed by atoms with Crippen LogP contribution in [-0.4, -0.2) is 45.3 Å². The zero-order valence-corrected chi connectivity index (χ0v) is 17.3. The van der Waals surface area contributed by atoms with Crippen molar-refractivity contribution in [3.8, 4) is 0 Å². The van der Waals surface area contributed by atoms with Gasteiger partial charge in [-0.2, -0.15) is 18.3 Å². The molecule has 1 unspecified atom stereocenters. The lowest BCUT2D eigenvalue weighted by Crippen LogP contribution is -2.46. The second kappa shape index (κ2) is 7.81. The molecule has 2 atom stereocenters. The van der Waals surface area contributed by atoms with Gasteiger partial charge in [0.05, 0.1) is 48.0 Å². The van der Waals surface area contributed by atoms with Crippen LogP contribution in [0.15, 0.2) is 24.4 Å². The van der Waals surface area contributed by atoms with E-state index in [2.05, 4.69) is 5.10 Å². The van der Waals surface area contributed by atoms with Gasteiger partial charge >= 0.3 is 6.18 Å². The molecule has 1 aromatic heterocycles. The maximum atomic E-state index is 13.4. The smallest absolute Gasteiger partial charge is 0.332 e. The van der Waals surface area contributed by atoms with Gasteiger partial charge in [0.2, 0.25) is 11.8 Å². The van der Waals surface area contributed by atoms with E-state index < -0.39 is 36.8 Å². The Labute approximate surface area is 180 Å². The SMILES string of the molecule is C[C@H]1Cn2ncc(N3CC(C(F)(F)F)CC3=O)c2CN1C(=O)Cc1ccc(F)c(Cl)c1. The van der Waals surface area contributed by atoms with Crippen LogP contribution in [-0.2, 0) is 29.1 Å². The quantitative estimate of drug-likeness (QED) is 0.661. The third-order valence-corrected chi connectivity index (χ3v) is 6.04. The number of fused-ring (bicyclic) bond motifs is 1. The van der Waals surface area contributed by atoms with E-state index in [4.69, 9.17) is 11.6 Å². The second-order valence-electron chi connectivity index (χ2n) is 7.90. The summed E-state index contributed by atoms with van der Waals surface area (Å²) >= 11 is 5.79. The van der Waals surface area contributed by atoms with Crippen LogP contribution in [0.4, 0.5) is 23.2 Å². The Morgan fingerprint density at radius 2 is 2.03 bits per heavy atom. The largest absolute Gasteiger partial charge is 0.394 e. The van der Waals surface area contributed by atoms with Gasteiger partial charge in [-0.25, -0.2) is 4.39 Å². The van der Waals surface area contributed by atoms with Gasteiger partial charge in [0.1, 0.15) is 5.82 Å². The van der Waals surface area contributed by atoms with Crippen LogP contribution in [0.3, 0.4) is 0 Å². The van der Waals surface area contributed by atoms with Crippen molar-refractivity contribution in [2.24, 2.45) is 5.92 Å². The Bertz CT molecular complexity index is 1040. The molecule has 1 saturated heterocycles. The molecule has 0 radical (unpaired) electrons. The summed E-state index contributed by atoms with van der Waals surface area (Å²) in [5.74, 6) is -3.16. The van der Waals surface area contributed by atoms with Crippen molar-refractivity contribution in [1.82, 2.24) is 14.7 Å². The minimum atomic E-state index is -4.45. The lowest BCUT2D eigenvalue weighted by Gasteiger charge is -2.35. The first kappa shape index (κ1) is 21.6. The summed E-state index contributed by atoms with van der Waals surface area (Å²) in [6, 6.07) is 3.83. The number of hydrogen-bond acceptors (Lipinski definition) is 3. The van der Waals surface area contributed by atoms with Crippen molar-refractivity contribution >= 4 is 29.1 Å². The summed E-state index contributed by atoms with van der Waals surface area (Å²) < 4.78 is 54.2. The first-order valence-corrected chi connectivity index (χ1v) is 10.1. The first-order chi connectivity index (χ1) is 14.5. The number of benzene rings is 1. The molecule has 0 spiro atoms. The van der Waals surface area contributed by atoms with E-state index in [1.807, 2.05) is 6.92 Å². The highest BCUT2D eigenvalue weighted by atomic mass is 35.5. The fourth-order valence-corrected chi connectivity index (χ4v) is 4.23. The van der Waals surface area contributed by atoms with E-state index >= 15 is 0 Å². The van der Waals surface area contributed by atoms with Gasteiger partial charge in [0.25, 0.3) is 0 Å². The van der Waals surface area contributed by atoms with E-state index in [-0.39, 0.29) is 29.9 Å². The number of carbonyl (C=O) groups is 2. The molecule has 6 nitrogen and oxygen atoms in total. The van der Waals surface area contributed by atoms with Gasteiger partial charge in [-0.05, 0) is 24.6 Å². The molecule has 1 fully saturated rings. The monoisotopic (exact) mass is 458 g/mol. The minimum absolute atomic E-state index is 0.00734. The summed E-state index contributed by atoms with van der Waals surface area (Å²) in [5, 5.41) is 4.14.